The second-order valence-corrected chi connectivity index (χ2v) is 6.12. The predicted molar refractivity (Wildman–Crippen MR) is 68.9 cm³/mol. The number of hydrogen-bond donors (Lipinski definition) is 2. The molecule has 1 unspecified atom stereocenters. The molecule has 0 aromatic rings. The number of carbonyl (C=O) groups is 1. The van der Waals surface area contributed by atoms with Crippen molar-refractivity contribution in [2.24, 2.45) is 11.3 Å². The molecule has 0 aliphatic carbocycles. The van der Waals surface area contributed by atoms with E-state index >= 15 is 0 Å². The Kier molecular flexibility index (Phi) is 3.61. The lowest BCUT2D eigenvalue weighted by Crippen LogP contribution is -2.65. The van der Waals surface area contributed by atoms with Crippen molar-refractivity contribution >= 4 is 6.03 Å². The lowest BCUT2D eigenvalue weighted by atomic mass is 9.74. The molecule has 4 nitrogen and oxygen atoms in total. The molecular formula is C13H25N3O. The second-order valence-electron chi connectivity index (χ2n) is 6.12. The highest BCUT2D eigenvalue weighted by Gasteiger charge is 2.45. The third-order valence-corrected chi connectivity index (χ3v) is 4.25. The van der Waals surface area contributed by atoms with Crippen LogP contribution in [0.5, 0.6) is 0 Å². The molecule has 0 radical (unpaired) electrons. The van der Waals surface area contributed by atoms with Crippen LogP contribution in [0.3, 0.4) is 0 Å². The molecule has 17 heavy (non-hydrogen) atoms. The van der Waals surface area contributed by atoms with E-state index in [9.17, 15) is 4.79 Å². The van der Waals surface area contributed by atoms with Crippen molar-refractivity contribution in [3.05, 3.63) is 0 Å². The van der Waals surface area contributed by atoms with Gasteiger partial charge in [-0.25, -0.2) is 4.79 Å². The summed E-state index contributed by atoms with van der Waals surface area (Å²) in [5.74, 6) is 0.491. The molecule has 0 aromatic heterocycles. The van der Waals surface area contributed by atoms with Crippen LogP contribution in [0.25, 0.3) is 0 Å². The molecule has 2 heterocycles. The molecule has 2 N–H and O–H groups in total. The molecule has 1 spiro atoms. The van der Waals surface area contributed by atoms with E-state index in [-0.39, 0.29) is 12.1 Å². The molecule has 98 valence electrons. The SMILES string of the molecule is CC(C)C(C)NC(=O)N1CC2(CCCNC2)C1. The second kappa shape index (κ2) is 4.84. The Morgan fingerprint density at radius 1 is 1.35 bits per heavy atom. The summed E-state index contributed by atoms with van der Waals surface area (Å²) in [6.07, 6.45) is 2.52. The fraction of sp³-hybridized carbons (Fsp3) is 0.923. The van der Waals surface area contributed by atoms with Gasteiger partial charge in [0.1, 0.15) is 0 Å². The highest BCUT2D eigenvalue weighted by atomic mass is 16.2. The van der Waals surface area contributed by atoms with E-state index in [1.807, 2.05) is 4.90 Å². The van der Waals surface area contributed by atoms with Gasteiger partial charge in [-0.05, 0) is 32.2 Å². The van der Waals surface area contributed by atoms with Gasteiger partial charge in [0.05, 0.1) is 0 Å². The first kappa shape index (κ1) is 12.7. The van der Waals surface area contributed by atoms with Crippen molar-refractivity contribution in [3.63, 3.8) is 0 Å². The molecule has 0 aromatic carbocycles. The number of likely N-dealkylation sites (tertiary alicyclic amines) is 1. The van der Waals surface area contributed by atoms with Crippen molar-refractivity contribution in [1.82, 2.24) is 15.5 Å². The quantitative estimate of drug-likeness (QED) is 0.765. The van der Waals surface area contributed by atoms with Gasteiger partial charge < -0.3 is 15.5 Å². The molecule has 0 saturated carbocycles. The number of urea groups is 1. The van der Waals surface area contributed by atoms with Crippen LogP contribution in [0, 0.1) is 11.3 Å². The number of amides is 2. The number of nitrogens with zero attached hydrogens (tertiary/aromatic N) is 1. The fourth-order valence-electron chi connectivity index (χ4n) is 2.66. The van der Waals surface area contributed by atoms with Gasteiger partial charge in [0.25, 0.3) is 0 Å². The maximum Gasteiger partial charge on any atom is 0.317 e. The van der Waals surface area contributed by atoms with Crippen LogP contribution in [0.15, 0.2) is 0 Å². The molecule has 2 aliphatic rings. The summed E-state index contributed by atoms with van der Waals surface area (Å²) in [5, 5.41) is 6.51. The highest BCUT2D eigenvalue weighted by Crippen LogP contribution is 2.36. The van der Waals surface area contributed by atoms with Crippen LogP contribution < -0.4 is 10.6 Å². The first-order valence-electron chi connectivity index (χ1n) is 6.79. The van der Waals surface area contributed by atoms with E-state index in [2.05, 4.69) is 31.4 Å². The van der Waals surface area contributed by atoms with Crippen molar-refractivity contribution in [2.75, 3.05) is 26.2 Å². The van der Waals surface area contributed by atoms with Crippen LogP contribution in [0.1, 0.15) is 33.6 Å². The van der Waals surface area contributed by atoms with Crippen LogP contribution in [-0.2, 0) is 0 Å². The lowest BCUT2D eigenvalue weighted by Gasteiger charge is -2.52. The largest absolute Gasteiger partial charge is 0.335 e. The number of carbonyl (C=O) groups excluding carboxylic acids is 1. The summed E-state index contributed by atoms with van der Waals surface area (Å²) in [5.41, 5.74) is 0.386. The van der Waals surface area contributed by atoms with Gasteiger partial charge in [-0.1, -0.05) is 13.8 Å². The van der Waals surface area contributed by atoms with Crippen LogP contribution in [0.2, 0.25) is 0 Å². The van der Waals surface area contributed by atoms with Crippen molar-refractivity contribution in [3.8, 4) is 0 Å². The number of nitrogens with one attached hydrogen (secondary N) is 2. The predicted octanol–water partition coefficient (Wildman–Crippen LogP) is 1.43. The van der Waals surface area contributed by atoms with Crippen LogP contribution in [-0.4, -0.2) is 43.2 Å². The van der Waals surface area contributed by atoms with Gasteiger partial charge in [0, 0.05) is 31.1 Å². The third-order valence-electron chi connectivity index (χ3n) is 4.25. The molecule has 2 amide bonds. The van der Waals surface area contributed by atoms with Crippen molar-refractivity contribution in [2.45, 2.75) is 39.7 Å². The fourth-order valence-corrected chi connectivity index (χ4v) is 2.66. The first-order valence-corrected chi connectivity index (χ1v) is 6.79. The number of rotatable bonds is 2. The van der Waals surface area contributed by atoms with Crippen molar-refractivity contribution < 1.29 is 4.79 Å². The van der Waals surface area contributed by atoms with E-state index in [4.69, 9.17) is 0 Å². The number of hydrogen-bond acceptors (Lipinski definition) is 2. The van der Waals surface area contributed by atoms with Gasteiger partial charge in [-0.2, -0.15) is 0 Å². The summed E-state index contributed by atoms with van der Waals surface area (Å²) in [7, 11) is 0. The summed E-state index contributed by atoms with van der Waals surface area (Å²) < 4.78 is 0. The molecule has 2 aliphatic heterocycles. The smallest absolute Gasteiger partial charge is 0.317 e. The molecule has 4 heteroatoms. The van der Waals surface area contributed by atoms with E-state index in [0.29, 0.717) is 11.3 Å². The van der Waals surface area contributed by atoms with Gasteiger partial charge in [0.15, 0.2) is 0 Å². The average molecular weight is 239 g/mol. The Balaban J connectivity index is 1.77. The Morgan fingerprint density at radius 2 is 2.06 bits per heavy atom. The standard InChI is InChI=1S/C13H25N3O/c1-10(2)11(3)15-12(17)16-8-13(9-16)5-4-6-14-7-13/h10-11,14H,4-9H2,1-3H3,(H,15,17). The highest BCUT2D eigenvalue weighted by molar-refractivity contribution is 5.75. The molecule has 2 rings (SSSR count). The van der Waals surface area contributed by atoms with E-state index < -0.39 is 0 Å². The van der Waals surface area contributed by atoms with E-state index in [1.165, 1.54) is 12.8 Å². The maximum absolute atomic E-state index is 12.0. The zero-order chi connectivity index (χ0) is 12.5. The maximum atomic E-state index is 12.0. The van der Waals surface area contributed by atoms with E-state index in [1.54, 1.807) is 0 Å². The number of piperidine rings is 1. The molecule has 0 bridgehead atoms. The molecule has 2 saturated heterocycles. The lowest BCUT2D eigenvalue weighted by molar-refractivity contribution is 0.0106. The van der Waals surface area contributed by atoms with E-state index in [0.717, 1.165) is 26.2 Å². The van der Waals surface area contributed by atoms with Crippen molar-refractivity contribution in [1.29, 1.82) is 0 Å². The van der Waals surface area contributed by atoms with Crippen LogP contribution >= 0.6 is 0 Å². The molecule has 1 atom stereocenters. The summed E-state index contributed by atoms with van der Waals surface area (Å²) in [6.45, 7) is 10.4. The third kappa shape index (κ3) is 2.73. The van der Waals surface area contributed by atoms with Crippen LogP contribution in [0.4, 0.5) is 4.79 Å². The van der Waals surface area contributed by atoms with Gasteiger partial charge in [-0.15, -0.1) is 0 Å². The Bertz CT molecular complexity index is 276. The average Bonchev–Trinajstić information content (AvgIpc) is 2.26. The molecule has 2 fully saturated rings. The van der Waals surface area contributed by atoms with Gasteiger partial charge in [-0.3, -0.25) is 0 Å². The Morgan fingerprint density at radius 3 is 2.59 bits per heavy atom. The topological polar surface area (TPSA) is 44.4 Å². The zero-order valence-electron chi connectivity index (χ0n) is 11.3. The van der Waals surface area contributed by atoms with Gasteiger partial charge in [0.2, 0.25) is 0 Å². The molecular weight excluding hydrogens is 214 g/mol. The zero-order valence-corrected chi connectivity index (χ0v) is 11.3. The Labute approximate surface area is 104 Å². The minimum absolute atomic E-state index is 0.113. The Hall–Kier alpha value is -0.770. The summed E-state index contributed by atoms with van der Waals surface area (Å²) in [6, 6.07) is 0.367. The summed E-state index contributed by atoms with van der Waals surface area (Å²) >= 11 is 0. The normalized spacial score (nSPS) is 24.6. The minimum atomic E-state index is 0.113. The summed E-state index contributed by atoms with van der Waals surface area (Å²) in [4.78, 5) is 13.9. The minimum Gasteiger partial charge on any atom is -0.335 e. The first-order chi connectivity index (χ1) is 8.02. The monoisotopic (exact) mass is 239 g/mol. The van der Waals surface area contributed by atoms with Gasteiger partial charge >= 0.3 is 6.03 Å².